The van der Waals surface area contributed by atoms with Crippen LogP contribution in [0.15, 0.2) is 69.9 Å². The molecule has 0 fully saturated rings. The van der Waals surface area contributed by atoms with Crippen LogP contribution in [0, 0.1) is 0 Å². The van der Waals surface area contributed by atoms with Crippen molar-refractivity contribution < 1.29 is 9.15 Å². The van der Waals surface area contributed by atoms with Gasteiger partial charge in [-0.05, 0) is 35.6 Å². The van der Waals surface area contributed by atoms with Crippen molar-refractivity contribution >= 4 is 11.0 Å². The maximum Gasteiger partial charge on any atom is 0.197 e. The third-order valence-electron chi connectivity index (χ3n) is 4.23. The Bertz CT molecular complexity index is 1000. The second-order valence-corrected chi connectivity index (χ2v) is 7.68. The molecule has 0 saturated carbocycles. The van der Waals surface area contributed by atoms with Gasteiger partial charge in [0.15, 0.2) is 5.43 Å². The zero-order valence-electron chi connectivity index (χ0n) is 15.8. The molecule has 3 nitrogen and oxygen atoms in total. The highest BCUT2D eigenvalue weighted by atomic mass is 16.5. The maximum atomic E-state index is 12.7. The van der Waals surface area contributed by atoms with Gasteiger partial charge in [-0.3, -0.25) is 4.79 Å². The number of benzene rings is 2. The lowest BCUT2D eigenvalue weighted by Crippen LogP contribution is -2.10. The van der Waals surface area contributed by atoms with Crippen LogP contribution in [0.4, 0.5) is 0 Å². The average molecular weight is 348 g/mol. The summed E-state index contributed by atoms with van der Waals surface area (Å²) in [6.07, 6.45) is 0. The number of hydrogen-bond donors (Lipinski definition) is 0. The SMILES string of the molecule is C=C(C)COc1cccc2oc(-c3ccc(C(C)(C)C)cc3)cc(=O)c12. The summed E-state index contributed by atoms with van der Waals surface area (Å²) < 4.78 is 11.7. The van der Waals surface area contributed by atoms with E-state index >= 15 is 0 Å². The van der Waals surface area contributed by atoms with Gasteiger partial charge in [0.1, 0.15) is 29.1 Å². The van der Waals surface area contributed by atoms with Gasteiger partial charge in [0.2, 0.25) is 0 Å². The monoisotopic (exact) mass is 348 g/mol. The third kappa shape index (κ3) is 3.72. The van der Waals surface area contributed by atoms with Gasteiger partial charge >= 0.3 is 0 Å². The van der Waals surface area contributed by atoms with E-state index in [1.165, 1.54) is 11.6 Å². The van der Waals surface area contributed by atoms with Crippen molar-refractivity contribution in [2.24, 2.45) is 0 Å². The van der Waals surface area contributed by atoms with E-state index in [4.69, 9.17) is 9.15 Å². The third-order valence-corrected chi connectivity index (χ3v) is 4.23. The Morgan fingerprint density at radius 1 is 1.12 bits per heavy atom. The number of hydrogen-bond acceptors (Lipinski definition) is 3. The van der Waals surface area contributed by atoms with Crippen molar-refractivity contribution in [2.75, 3.05) is 6.61 Å². The first-order chi connectivity index (χ1) is 12.3. The smallest absolute Gasteiger partial charge is 0.197 e. The molecule has 0 aliphatic carbocycles. The van der Waals surface area contributed by atoms with Gasteiger partial charge in [-0.2, -0.15) is 0 Å². The Balaban J connectivity index is 2.04. The first-order valence-electron chi connectivity index (χ1n) is 8.71. The van der Waals surface area contributed by atoms with Gasteiger partial charge in [0.05, 0.1) is 0 Å². The minimum atomic E-state index is -0.113. The quantitative estimate of drug-likeness (QED) is 0.567. The van der Waals surface area contributed by atoms with E-state index in [9.17, 15) is 4.79 Å². The van der Waals surface area contributed by atoms with Crippen molar-refractivity contribution in [3.05, 3.63) is 76.5 Å². The number of rotatable bonds is 4. The van der Waals surface area contributed by atoms with E-state index < -0.39 is 0 Å². The molecule has 134 valence electrons. The summed E-state index contributed by atoms with van der Waals surface area (Å²) in [5, 5.41) is 0.462. The molecule has 0 spiro atoms. The first-order valence-corrected chi connectivity index (χ1v) is 8.71. The van der Waals surface area contributed by atoms with E-state index in [0.717, 1.165) is 11.1 Å². The Labute approximate surface area is 153 Å². The predicted molar refractivity (Wildman–Crippen MR) is 107 cm³/mol. The van der Waals surface area contributed by atoms with Gasteiger partial charge < -0.3 is 9.15 Å². The normalized spacial score (nSPS) is 11.5. The Hall–Kier alpha value is -2.81. The standard InChI is InChI=1S/C23H24O3/c1-15(2)14-25-19-7-6-8-20-22(19)18(24)13-21(26-20)16-9-11-17(12-10-16)23(3,4)5/h6-13H,1,14H2,2-5H3. The summed E-state index contributed by atoms with van der Waals surface area (Å²) in [6.45, 7) is 12.6. The van der Waals surface area contributed by atoms with Crippen LogP contribution in [-0.4, -0.2) is 6.61 Å². The van der Waals surface area contributed by atoms with E-state index in [0.29, 0.717) is 29.1 Å². The van der Waals surface area contributed by atoms with Crippen molar-refractivity contribution in [3.63, 3.8) is 0 Å². The molecule has 0 atom stereocenters. The molecule has 1 heterocycles. The zero-order valence-corrected chi connectivity index (χ0v) is 15.8. The molecule has 0 bridgehead atoms. The highest BCUT2D eigenvalue weighted by Crippen LogP contribution is 2.29. The fourth-order valence-electron chi connectivity index (χ4n) is 2.78. The molecule has 0 unspecified atom stereocenters. The van der Waals surface area contributed by atoms with Crippen LogP contribution in [0.25, 0.3) is 22.3 Å². The molecule has 0 aliphatic rings. The van der Waals surface area contributed by atoms with Crippen LogP contribution >= 0.6 is 0 Å². The molecule has 0 saturated heterocycles. The van der Waals surface area contributed by atoms with Crippen molar-refractivity contribution in [3.8, 4) is 17.1 Å². The van der Waals surface area contributed by atoms with Crippen LogP contribution in [0.1, 0.15) is 33.3 Å². The van der Waals surface area contributed by atoms with Crippen LogP contribution in [0.3, 0.4) is 0 Å². The van der Waals surface area contributed by atoms with Gasteiger partial charge in [-0.15, -0.1) is 0 Å². The minimum Gasteiger partial charge on any atom is -0.488 e. The largest absolute Gasteiger partial charge is 0.488 e. The molecule has 0 aliphatic heterocycles. The maximum absolute atomic E-state index is 12.7. The molecular formula is C23H24O3. The summed E-state index contributed by atoms with van der Waals surface area (Å²) in [7, 11) is 0. The topological polar surface area (TPSA) is 39.4 Å². The second-order valence-electron chi connectivity index (χ2n) is 7.68. The molecule has 3 rings (SSSR count). The van der Waals surface area contributed by atoms with Crippen molar-refractivity contribution in [1.82, 2.24) is 0 Å². The molecule has 0 N–H and O–H groups in total. The Morgan fingerprint density at radius 2 is 1.81 bits per heavy atom. The summed E-state index contributed by atoms with van der Waals surface area (Å²) >= 11 is 0. The van der Waals surface area contributed by atoms with Crippen LogP contribution in [-0.2, 0) is 5.41 Å². The fourth-order valence-corrected chi connectivity index (χ4v) is 2.78. The first kappa shape index (κ1) is 18.0. The number of ether oxygens (including phenoxy) is 1. The van der Waals surface area contributed by atoms with Gasteiger partial charge in [0.25, 0.3) is 0 Å². The molecule has 26 heavy (non-hydrogen) atoms. The lowest BCUT2D eigenvalue weighted by molar-refractivity contribution is 0.356. The Morgan fingerprint density at radius 3 is 2.42 bits per heavy atom. The predicted octanol–water partition coefficient (Wildman–Crippen LogP) is 5.71. The van der Waals surface area contributed by atoms with Crippen LogP contribution < -0.4 is 10.2 Å². The Kier molecular flexibility index (Phi) is 4.73. The summed E-state index contributed by atoms with van der Waals surface area (Å²) in [4.78, 5) is 12.7. The summed E-state index contributed by atoms with van der Waals surface area (Å²) in [5.74, 6) is 1.08. The highest BCUT2D eigenvalue weighted by molar-refractivity contribution is 5.84. The van der Waals surface area contributed by atoms with Crippen LogP contribution in [0.2, 0.25) is 0 Å². The van der Waals surface area contributed by atoms with Crippen LogP contribution in [0.5, 0.6) is 5.75 Å². The molecule has 0 radical (unpaired) electrons. The van der Waals surface area contributed by atoms with E-state index in [1.54, 1.807) is 12.1 Å². The van der Waals surface area contributed by atoms with Gasteiger partial charge in [-0.1, -0.05) is 57.7 Å². The summed E-state index contributed by atoms with van der Waals surface area (Å²) in [6, 6.07) is 15.1. The number of fused-ring (bicyclic) bond motifs is 1. The van der Waals surface area contributed by atoms with Crippen molar-refractivity contribution in [1.29, 1.82) is 0 Å². The highest BCUT2D eigenvalue weighted by Gasteiger charge is 2.15. The van der Waals surface area contributed by atoms with Crippen molar-refractivity contribution in [2.45, 2.75) is 33.1 Å². The molecule has 3 aromatic rings. The lowest BCUT2D eigenvalue weighted by atomic mass is 9.86. The summed E-state index contributed by atoms with van der Waals surface area (Å²) in [5.41, 5.74) is 3.50. The molecule has 0 amide bonds. The van der Waals surface area contributed by atoms with E-state index in [2.05, 4.69) is 39.5 Å². The molecular weight excluding hydrogens is 324 g/mol. The second kappa shape index (κ2) is 6.83. The molecule has 1 aromatic heterocycles. The molecule has 3 heteroatoms. The minimum absolute atomic E-state index is 0.0816. The fraction of sp³-hybridized carbons (Fsp3) is 0.261. The molecule has 2 aromatic carbocycles. The lowest BCUT2D eigenvalue weighted by Gasteiger charge is -2.19. The van der Waals surface area contributed by atoms with E-state index in [1.807, 2.05) is 25.1 Å². The van der Waals surface area contributed by atoms with Gasteiger partial charge in [0, 0.05) is 11.6 Å². The average Bonchev–Trinajstić information content (AvgIpc) is 2.59. The zero-order chi connectivity index (χ0) is 18.9. The van der Waals surface area contributed by atoms with Gasteiger partial charge in [-0.25, -0.2) is 0 Å². The van der Waals surface area contributed by atoms with E-state index in [-0.39, 0.29) is 10.8 Å².